The number of ether oxygens (including phenoxy) is 1. The number of urea groups is 1. The van der Waals surface area contributed by atoms with Gasteiger partial charge in [-0.3, -0.25) is 9.69 Å². The van der Waals surface area contributed by atoms with Gasteiger partial charge in [-0.15, -0.1) is 0 Å². The van der Waals surface area contributed by atoms with Crippen molar-refractivity contribution in [3.8, 4) is 0 Å². The highest BCUT2D eigenvalue weighted by Crippen LogP contribution is 2.38. The molecule has 1 saturated heterocycles. The Kier molecular flexibility index (Phi) is 4.91. The molecule has 0 radical (unpaired) electrons. The Bertz CT molecular complexity index is 963. The molecular formula is C20H22FN5O3. The summed E-state index contributed by atoms with van der Waals surface area (Å²) in [6.45, 7) is 2.98. The number of aromatic nitrogens is 2. The number of anilines is 2. The third kappa shape index (κ3) is 3.21. The number of carbonyl (C=O) groups excluding carboxylic acids is 2. The Morgan fingerprint density at radius 2 is 2.14 bits per heavy atom. The normalized spacial score (nSPS) is 18.6. The lowest BCUT2D eigenvalue weighted by molar-refractivity contribution is -0.108. The molecule has 1 aromatic carbocycles. The van der Waals surface area contributed by atoms with Crippen LogP contribution < -0.4 is 9.80 Å². The maximum absolute atomic E-state index is 13.5. The van der Waals surface area contributed by atoms with Gasteiger partial charge in [-0.2, -0.15) is 0 Å². The largest absolute Gasteiger partial charge is 0.377 e. The molecule has 0 saturated carbocycles. The zero-order chi connectivity index (χ0) is 20.7. The van der Waals surface area contributed by atoms with Crippen LogP contribution in [0.2, 0.25) is 0 Å². The minimum absolute atomic E-state index is 0.146. The SMILES string of the molecule is COCc1ncc2c(n1)N(C)C(C=O)N2C(=O)N1CC(c2ccc(F)c(C)c2)C1. The van der Waals surface area contributed by atoms with E-state index in [1.54, 1.807) is 43.1 Å². The summed E-state index contributed by atoms with van der Waals surface area (Å²) in [5.74, 6) is 0.906. The van der Waals surface area contributed by atoms with Crippen LogP contribution in [0.15, 0.2) is 24.4 Å². The first-order valence-corrected chi connectivity index (χ1v) is 9.31. The quantitative estimate of drug-likeness (QED) is 0.733. The summed E-state index contributed by atoms with van der Waals surface area (Å²) in [6, 6.07) is 4.76. The Labute approximate surface area is 167 Å². The summed E-state index contributed by atoms with van der Waals surface area (Å²) >= 11 is 0. The highest BCUT2D eigenvalue weighted by Gasteiger charge is 2.44. The molecule has 29 heavy (non-hydrogen) atoms. The predicted octanol–water partition coefficient (Wildman–Crippen LogP) is 2.07. The van der Waals surface area contributed by atoms with Crippen LogP contribution in [0.4, 0.5) is 20.7 Å². The summed E-state index contributed by atoms with van der Waals surface area (Å²) in [4.78, 5) is 38.3. The van der Waals surface area contributed by atoms with Crippen molar-refractivity contribution in [2.24, 2.45) is 0 Å². The highest BCUT2D eigenvalue weighted by molar-refractivity contribution is 6.03. The molecule has 8 nitrogen and oxygen atoms in total. The van der Waals surface area contributed by atoms with Crippen LogP contribution >= 0.6 is 0 Å². The second-order valence-corrected chi connectivity index (χ2v) is 7.35. The molecule has 0 bridgehead atoms. The van der Waals surface area contributed by atoms with E-state index < -0.39 is 6.17 Å². The number of fused-ring (bicyclic) bond motifs is 1. The first-order chi connectivity index (χ1) is 13.9. The smallest absolute Gasteiger partial charge is 0.326 e. The van der Waals surface area contributed by atoms with Gasteiger partial charge < -0.3 is 14.5 Å². The number of amides is 2. The Morgan fingerprint density at radius 1 is 1.38 bits per heavy atom. The number of likely N-dealkylation sites (N-methyl/N-ethyl adjacent to an activating group) is 1. The van der Waals surface area contributed by atoms with Crippen LogP contribution in [-0.4, -0.2) is 60.6 Å². The molecule has 1 unspecified atom stereocenters. The van der Waals surface area contributed by atoms with Crippen molar-refractivity contribution in [3.05, 3.63) is 47.2 Å². The lowest BCUT2D eigenvalue weighted by atomic mass is 9.90. The number of hydrogen-bond donors (Lipinski definition) is 0. The molecule has 1 aromatic heterocycles. The van der Waals surface area contributed by atoms with E-state index in [-0.39, 0.29) is 24.4 Å². The van der Waals surface area contributed by atoms with Gasteiger partial charge >= 0.3 is 6.03 Å². The van der Waals surface area contributed by atoms with E-state index in [2.05, 4.69) is 9.97 Å². The molecule has 2 aromatic rings. The number of nitrogens with zero attached hydrogens (tertiary/aromatic N) is 5. The summed E-state index contributed by atoms with van der Waals surface area (Å²) in [5, 5.41) is 0. The van der Waals surface area contributed by atoms with Gasteiger partial charge in [-0.1, -0.05) is 12.1 Å². The van der Waals surface area contributed by atoms with Crippen molar-refractivity contribution in [2.75, 3.05) is 37.0 Å². The number of likely N-dealkylation sites (tertiary alicyclic amines) is 1. The third-order valence-corrected chi connectivity index (χ3v) is 5.46. The minimum Gasteiger partial charge on any atom is -0.377 e. The van der Waals surface area contributed by atoms with Crippen molar-refractivity contribution in [3.63, 3.8) is 0 Å². The molecule has 152 valence electrons. The Morgan fingerprint density at radius 3 is 2.79 bits per heavy atom. The average Bonchev–Trinajstić information content (AvgIpc) is 2.95. The number of carbonyl (C=O) groups is 2. The van der Waals surface area contributed by atoms with Crippen LogP contribution in [0.5, 0.6) is 0 Å². The fraction of sp³-hybridized carbons (Fsp3) is 0.400. The molecule has 2 aliphatic rings. The number of aryl methyl sites for hydroxylation is 1. The highest BCUT2D eigenvalue weighted by atomic mass is 19.1. The van der Waals surface area contributed by atoms with E-state index in [9.17, 15) is 14.0 Å². The van der Waals surface area contributed by atoms with Gasteiger partial charge in [0.25, 0.3) is 0 Å². The maximum atomic E-state index is 13.5. The monoisotopic (exact) mass is 399 g/mol. The van der Waals surface area contributed by atoms with E-state index in [0.29, 0.717) is 36.0 Å². The van der Waals surface area contributed by atoms with Crippen LogP contribution in [0, 0.1) is 12.7 Å². The molecule has 0 spiro atoms. The first kappa shape index (κ1) is 19.3. The van der Waals surface area contributed by atoms with E-state index in [1.807, 2.05) is 6.07 Å². The van der Waals surface area contributed by atoms with E-state index in [4.69, 9.17) is 4.74 Å². The molecule has 2 amide bonds. The third-order valence-electron chi connectivity index (χ3n) is 5.46. The molecule has 3 heterocycles. The molecule has 2 aliphatic heterocycles. The molecule has 1 fully saturated rings. The number of methoxy groups -OCH3 is 1. The van der Waals surface area contributed by atoms with Gasteiger partial charge in [0.15, 0.2) is 24.1 Å². The fourth-order valence-electron chi connectivity index (χ4n) is 3.76. The van der Waals surface area contributed by atoms with Gasteiger partial charge in [-0.25, -0.2) is 19.2 Å². The number of rotatable bonds is 4. The lowest BCUT2D eigenvalue weighted by Crippen LogP contribution is -2.57. The van der Waals surface area contributed by atoms with Crippen molar-refractivity contribution in [2.45, 2.75) is 25.6 Å². The molecule has 4 rings (SSSR count). The van der Waals surface area contributed by atoms with Gasteiger partial charge in [0, 0.05) is 33.2 Å². The molecule has 0 N–H and O–H groups in total. The van der Waals surface area contributed by atoms with Crippen LogP contribution in [-0.2, 0) is 16.1 Å². The fourth-order valence-corrected chi connectivity index (χ4v) is 3.76. The zero-order valence-electron chi connectivity index (χ0n) is 16.5. The van der Waals surface area contributed by atoms with Gasteiger partial charge in [0.1, 0.15) is 18.1 Å². The standard InChI is InChI=1S/C20H22FN5O3/c1-12-6-13(4-5-15(12)21)14-8-25(9-14)20(28)26-16-7-22-17(11-29-3)23-19(16)24(2)18(26)10-27/h4-7,10,14,18H,8-9,11H2,1-3H3. The van der Waals surface area contributed by atoms with Crippen LogP contribution in [0.25, 0.3) is 0 Å². The second-order valence-electron chi connectivity index (χ2n) is 7.35. The summed E-state index contributed by atoms with van der Waals surface area (Å²) in [7, 11) is 3.27. The summed E-state index contributed by atoms with van der Waals surface area (Å²) in [5.41, 5.74) is 2.09. The predicted molar refractivity (Wildman–Crippen MR) is 104 cm³/mol. The van der Waals surface area contributed by atoms with Crippen molar-refractivity contribution >= 4 is 23.8 Å². The molecule has 1 atom stereocenters. The topological polar surface area (TPSA) is 78.9 Å². The van der Waals surface area contributed by atoms with Crippen molar-refractivity contribution in [1.82, 2.24) is 14.9 Å². The first-order valence-electron chi connectivity index (χ1n) is 9.31. The molecular weight excluding hydrogens is 377 g/mol. The number of aldehydes is 1. The zero-order valence-corrected chi connectivity index (χ0v) is 16.5. The van der Waals surface area contributed by atoms with Crippen molar-refractivity contribution < 1.29 is 18.7 Å². The number of benzene rings is 1. The number of hydrogen-bond acceptors (Lipinski definition) is 6. The summed E-state index contributed by atoms with van der Waals surface area (Å²) in [6.07, 6.45) is 1.49. The minimum atomic E-state index is -0.781. The van der Waals surface area contributed by atoms with E-state index in [0.717, 1.165) is 11.8 Å². The maximum Gasteiger partial charge on any atom is 0.326 e. The number of halogens is 1. The Balaban J connectivity index is 1.53. The second kappa shape index (κ2) is 7.40. The van der Waals surface area contributed by atoms with Crippen LogP contribution in [0.1, 0.15) is 22.9 Å². The Hall–Kier alpha value is -3.07. The summed E-state index contributed by atoms with van der Waals surface area (Å²) < 4.78 is 18.6. The van der Waals surface area contributed by atoms with Gasteiger partial charge in [-0.05, 0) is 24.1 Å². The average molecular weight is 399 g/mol. The lowest BCUT2D eigenvalue weighted by Gasteiger charge is -2.42. The molecule has 9 heteroatoms. The molecule has 0 aliphatic carbocycles. The van der Waals surface area contributed by atoms with Crippen molar-refractivity contribution in [1.29, 1.82) is 0 Å². The van der Waals surface area contributed by atoms with E-state index >= 15 is 0 Å². The van der Waals surface area contributed by atoms with Crippen LogP contribution in [0.3, 0.4) is 0 Å². The van der Waals surface area contributed by atoms with E-state index in [1.165, 1.54) is 11.0 Å². The van der Waals surface area contributed by atoms with Gasteiger partial charge in [0.05, 0.1) is 6.20 Å². The van der Waals surface area contributed by atoms with Gasteiger partial charge in [0.2, 0.25) is 0 Å².